The average Bonchev–Trinajstić information content (AvgIpc) is 2.17. The SMILES string of the molecule is CC(=O)c1cn(C)c(Br)c1C. The Hall–Kier alpha value is -0.570. The number of ketones is 1. The third kappa shape index (κ3) is 1.38. The second-order valence-corrected chi connectivity index (χ2v) is 3.38. The van der Waals surface area contributed by atoms with E-state index in [1.807, 2.05) is 24.7 Å². The van der Waals surface area contributed by atoms with Gasteiger partial charge in [0.15, 0.2) is 5.78 Å². The largest absolute Gasteiger partial charge is 0.344 e. The van der Waals surface area contributed by atoms with Gasteiger partial charge in [-0.1, -0.05) is 0 Å². The lowest BCUT2D eigenvalue weighted by atomic mass is 10.2. The highest BCUT2D eigenvalue weighted by atomic mass is 79.9. The van der Waals surface area contributed by atoms with Crippen LogP contribution in [-0.4, -0.2) is 10.4 Å². The first kappa shape index (κ1) is 8.53. The van der Waals surface area contributed by atoms with Gasteiger partial charge in [0.05, 0.1) is 4.60 Å². The molecular weight excluding hydrogens is 206 g/mol. The topological polar surface area (TPSA) is 22.0 Å². The summed E-state index contributed by atoms with van der Waals surface area (Å²) in [5, 5.41) is 0. The number of hydrogen-bond donors (Lipinski definition) is 0. The third-order valence-corrected chi connectivity index (χ3v) is 2.88. The minimum Gasteiger partial charge on any atom is -0.344 e. The van der Waals surface area contributed by atoms with E-state index in [9.17, 15) is 4.79 Å². The number of carbonyl (C=O) groups is 1. The number of aryl methyl sites for hydroxylation is 1. The third-order valence-electron chi connectivity index (χ3n) is 1.73. The Morgan fingerprint density at radius 1 is 1.64 bits per heavy atom. The van der Waals surface area contributed by atoms with Crippen molar-refractivity contribution in [1.82, 2.24) is 4.57 Å². The first-order chi connectivity index (χ1) is 5.04. The smallest absolute Gasteiger partial charge is 0.161 e. The number of carbonyl (C=O) groups excluding carboxylic acids is 1. The number of Topliss-reactive ketones (excluding diaryl/α,β-unsaturated/α-hetero) is 1. The van der Waals surface area contributed by atoms with Crippen LogP contribution in [0.5, 0.6) is 0 Å². The first-order valence-electron chi connectivity index (χ1n) is 3.36. The number of aromatic nitrogens is 1. The van der Waals surface area contributed by atoms with Crippen molar-refractivity contribution in [3.63, 3.8) is 0 Å². The molecule has 0 amide bonds. The van der Waals surface area contributed by atoms with Gasteiger partial charge in [0.2, 0.25) is 0 Å². The minimum absolute atomic E-state index is 0.115. The Morgan fingerprint density at radius 2 is 2.18 bits per heavy atom. The van der Waals surface area contributed by atoms with Crippen molar-refractivity contribution in [3.8, 4) is 0 Å². The van der Waals surface area contributed by atoms with Crippen LogP contribution in [0.1, 0.15) is 22.8 Å². The van der Waals surface area contributed by atoms with Gasteiger partial charge in [0, 0.05) is 18.8 Å². The standard InChI is InChI=1S/C8H10BrNO/c1-5-7(6(2)11)4-10(3)8(5)9/h4H,1-3H3. The molecule has 0 saturated carbocycles. The Labute approximate surface area is 74.3 Å². The highest BCUT2D eigenvalue weighted by Gasteiger charge is 2.10. The lowest BCUT2D eigenvalue weighted by Gasteiger charge is -1.92. The molecule has 3 heteroatoms. The summed E-state index contributed by atoms with van der Waals surface area (Å²) in [7, 11) is 1.91. The number of nitrogens with zero attached hydrogens (tertiary/aromatic N) is 1. The summed E-state index contributed by atoms with van der Waals surface area (Å²) in [5.74, 6) is 0.115. The van der Waals surface area contributed by atoms with Gasteiger partial charge in [-0.2, -0.15) is 0 Å². The summed E-state index contributed by atoms with van der Waals surface area (Å²) < 4.78 is 2.87. The van der Waals surface area contributed by atoms with Gasteiger partial charge in [-0.05, 0) is 35.3 Å². The molecule has 0 saturated heterocycles. The maximum absolute atomic E-state index is 11.0. The van der Waals surface area contributed by atoms with Gasteiger partial charge < -0.3 is 4.57 Å². The maximum Gasteiger partial charge on any atom is 0.161 e. The van der Waals surface area contributed by atoms with Crippen molar-refractivity contribution < 1.29 is 4.79 Å². The predicted molar refractivity (Wildman–Crippen MR) is 47.9 cm³/mol. The fraction of sp³-hybridized carbons (Fsp3) is 0.375. The molecule has 1 aromatic rings. The molecule has 0 aliphatic carbocycles. The van der Waals surface area contributed by atoms with Crippen LogP contribution in [0.3, 0.4) is 0 Å². The fourth-order valence-electron chi connectivity index (χ4n) is 1.08. The lowest BCUT2D eigenvalue weighted by Crippen LogP contribution is -1.90. The molecule has 0 aliphatic heterocycles. The molecule has 0 aliphatic rings. The summed E-state index contributed by atoms with van der Waals surface area (Å²) in [5.41, 5.74) is 1.80. The fourth-order valence-corrected chi connectivity index (χ4v) is 1.39. The van der Waals surface area contributed by atoms with Crippen molar-refractivity contribution in [3.05, 3.63) is 21.9 Å². The zero-order valence-corrected chi connectivity index (χ0v) is 8.40. The summed E-state index contributed by atoms with van der Waals surface area (Å²) in [4.78, 5) is 11.0. The summed E-state index contributed by atoms with van der Waals surface area (Å²) in [6, 6.07) is 0. The molecule has 1 rings (SSSR count). The van der Waals surface area contributed by atoms with Crippen molar-refractivity contribution in [2.24, 2.45) is 7.05 Å². The number of halogens is 1. The minimum atomic E-state index is 0.115. The molecule has 0 unspecified atom stereocenters. The van der Waals surface area contributed by atoms with Crippen LogP contribution in [-0.2, 0) is 7.05 Å². The van der Waals surface area contributed by atoms with E-state index in [-0.39, 0.29) is 5.78 Å². The van der Waals surface area contributed by atoms with E-state index in [1.54, 1.807) is 6.92 Å². The molecule has 2 nitrogen and oxygen atoms in total. The van der Waals surface area contributed by atoms with Crippen LogP contribution >= 0.6 is 15.9 Å². The van der Waals surface area contributed by atoms with E-state index in [0.29, 0.717) is 0 Å². The molecule has 1 aromatic heterocycles. The monoisotopic (exact) mass is 215 g/mol. The molecule has 0 spiro atoms. The molecule has 0 aromatic carbocycles. The van der Waals surface area contributed by atoms with E-state index in [1.165, 1.54) is 0 Å². The zero-order valence-electron chi connectivity index (χ0n) is 6.81. The van der Waals surface area contributed by atoms with Gasteiger partial charge in [-0.3, -0.25) is 4.79 Å². The quantitative estimate of drug-likeness (QED) is 0.660. The molecule has 0 radical (unpaired) electrons. The molecule has 0 N–H and O–H groups in total. The number of rotatable bonds is 1. The van der Waals surface area contributed by atoms with Crippen LogP contribution in [0.25, 0.3) is 0 Å². The molecule has 1 heterocycles. The first-order valence-corrected chi connectivity index (χ1v) is 4.15. The summed E-state index contributed by atoms with van der Waals surface area (Å²) in [6.07, 6.45) is 1.84. The molecule has 0 bridgehead atoms. The van der Waals surface area contributed by atoms with Crippen molar-refractivity contribution in [2.45, 2.75) is 13.8 Å². The van der Waals surface area contributed by atoms with Crippen LogP contribution in [0.15, 0.2) is 10.8 Å². The molecule has 0 atom stereocenters. The van der Waals surface area contributed by atoms with Crippen LogP contribution in [0, 0.1) is 6.92 Å². The average molecular weight is 216 g/mol. The second-order valence-electron chi connectivity index (χ2n) is 2.63. The van der Waals surface area contributed by atoms with Gasteiger partial charge in [0.1, 0.15) is 0 Å². The molecule has 0 fully saturated rings. The lowest BCUT2D eigenvalue weighted by molar-refractivity contribution is 0.101. The number of hydrogen-bond acceptors (Lipinski definition) is 1. The van der Waals surface area contributed by atoms with Crippen molar-refractivity contribution in [1.29, 1.82) is 0 Å². The Kier molecular flexibility index (Phi) is 2.18. The maximum atomic E-state index is 11.0. The van der Waals surface area contributed by atoms with Crippen molar-refractivity contribution in [2.75, 3.05) is 0 Å². The van der Waals surface area contributed by atoms with Crippen molar-refractivity contribution >= 4 is 21.7 Å². The Morgan fingerprint density at radius 3 is 2.36 bits per heavy atom. The molecule has 60 valence electrons. The normalized spacial score (nSPS) is 10.2. The van der Waals surface area contributed by atoms with Gasteiger partial charge >= 0.3 is 0 Å². The predicted octanol–water partition coefficient (Wildman–Crippen LogP) is 2.30. The van der Waals surface area contributed by atoms with Crippen LogP contribution < -0.4 is 0 Å². The summed E-state index contributed by atoms with van der Waals surface area (Å²) in [6.45, 7) is 3.51. The van der Waals surface area contributed by atoms with Gasteiger partial charge in [0.25, 0.3) is 0 Å². The Bertz CT molecular complexity index is 301. The van der Waals surface area contributed by atoms with E-state index in [2.05, 4.69) is 15.9 Å². The van der Waals surface area contributed by atoms with Crippen LogP contribution in [0.2, 0.25) is 0 Å². The Balaban J connectivity index is 3.29. The zero-order chi connectivity index (χ0) is 8.59. The van der Waals surface area contributed by atoms with Crippen LogP contribution in [0.4, 0.5) is 0 Å². The van der Waals surface area contributed by atoms with Gasteiger partial charge in [-0.15, -0.1) is 0 Å². The second kappa shape index (κ2) is 2.81. The highest BCUT2D eigenvalue weighted by Crippen LogP contribution is 2.21. The van der Waals surface area contributed by atoms with E-state index < -0.39 is 0 Å². The van der Waals surface area contributed by atoms with E-state index in [0.717, 1.165) is 15.7 Å². The van der Waals surface area contributed by atoms with Gasteiger partial charge in [-0.25, -0.2) is 0 Å². The molecular formula is C8H10BrNO. The van der Waals surface area contributed by atoms with E-state index >= 15 is 0 Å². The summed E-state index contributed by atoms with van der Waals surface area (Å²) >= 11 is 3.38. The van der Waals surface area contributed by atoms with E-state index in [4.69, 9.17) is 0 Å². The highest BCUT2D eigenvalue weighted by molar-refractivity contribution is 9.10. The molecule has 11 heavy (non-hydrogen) atoms.